The molecule has 5 rings (SSSR count). The Morgan fingerprint density at radius 3 is 2.64 bits per heavy atom. The topological polar surface area (TPSA) is 52.8 Å². The van der Waals surface area contributed by atoms with Gasteiger partial charge in [0.15, 0.2) is 17.5 Å². The molecule has 2 aromatic carbocycles. The first kappa shape index (κ1) is 21.0. The molecule has 1 aliphatic heterocycles. The van der Waals surface area contributed by atoms with Crippen LogP contribution in [-0.4, -0.2) is 26.9 Å². The van der Waals surface area contributed by atoms with Crippen molar-refractivity contribution in [1.82, 2.24) is 19.7 Å². The van der Waals surface area contributed by atoms with Crippen LogP contribution in [0, 0.1) is 11.6 Å². The second kappa shape index (κ2) is 8.94. The summed E-state index contributed by atoms with van der Waals surface area (Å²) in [6.45, 7) is 0.755. The minimum atomic E-state index is -0.843. The second-order valence-electron chi connectivity index (χ2n) is 7.95. The van der Waals surface area contributed by atoms with Gasteiger partial charge in [0.2, 0.25) is 0 Å². The van der Waals surface area contributed by atoms with Gasteiger partial charge in [0, 0.05) is 30.4 Å². The van der Waals surface area contributed by atoms with Crippen LogP contribution in [0.1, 0.15) is 41.5 Å². The number of methoxy groups -OCH3 is 1. The molecule has 0 aliphatic carbocycles. The van der Waals surface area contributed by atoms with Gasteiger partial charge in [0.05, 0.1) is 7.11 Å². The van der Waals surface area contributed by atoms with Gasteiger partial charge in [-0.3, -0.25) is 4.98 Å². The lowest BCUT2D eigenvalue weighted by atomic mass is 9.91. The number of benzene rings is 2. The molecule has 0 fully saturated rings. The highest BCUT2D eigenvalue weighted by Gasteiger charge is 2.26. The number of rotatable bonds is 5. The molecule has 1 atom stereocenters. The summed E-state index contributed by atoms with van der Waals surface area (Å²) in [5.41, 5.74) is 3.69. The van der Waals surface area contributed by atoms with E-state index in [0.717, 1.165) is 47.7 Å². The maximum Gasteiger partial charge on any atom is 0.174 e. The van der Waals surface area contributed by atoms with Crippen molar-refractivity contribution >= 4 is 12.2 Å². The Kier molecular flexibility index (Phi) is 5.69. The van der Waals surface area contributed by atoms with E-state index in [0.29, 0.717) is 11.4 Å². The first-order valence-electron chi connectivity index (χ1n) is 10.8. The first-order chi connectivity index (χ1) is 16.1. The first-order valence-corrected chi connectivity index (χ1v) is 10.8. The van der Waals surface area contributed by atoms with Gasteiger partial charge in [0.25, 0.3) is 0 Å². The van der Waals surface area contributed by atoms with Crippen molar-refractivity contribution in [2.45, 2.75) is 25.3 Å². The average molecular weight is 444 g/mol. The molecular formula is C26H22F2N4O. The van der Waals surface area contributed by atoms with Gasteiger partial charge in [-0.2, -0.15) is 5.10 Å². The van der Waals surface area contributed by atoms with Crippen LogP contribution in [-0.2, 0) is 6.54 Å². The van der Waals surface area contributed by atoms with E-state index < -0.39 is 11.6 Å². The predicted molar refractivity (Wildman–Crippen MR) is 123 cm³/mol. The number of hydrogen-bond acceptors (Lipinski definition) is 4. The zero-order valence-corrected chi connectivity index (χ0v) is 18.1. The molecule has 1 aliphatic rings. The molecule has 1 unspecified atom stereocenters. The molecule has 2 aromatic heterocycles. The third-order valence-electron chi connectivity index (χ3n) is 5.88. The number of fused-ring (bicyclic) bond motifs is 1. The highest BCUT2D eigenvalue weighted by molar-refractivity contribution is 5.75. The van der Waals surface area contributed by atoms with Gasteiger partial charge in [-0.15, -0.1) is 0 Å². The maximum atomic E-state index is 13.8. The number of nitrogens with zero attached hydrogens (tertiary/aromatic N) is 4. The summed E-state index contributed by atoms with van der Waals surface area (Å²) in [7, 11) is 1.65. The molecule has 166 valence electrons. The molecule has 7 heteroatoms. The quantitative estimate of drug-likeness (QED) is 0.395. The molecular weight excluding hydrogens is 422 g/mol. The summed E-state index contributed by atoms with van der Waals surface area (Å²) in [4.78, 5) is 8.76. The Morgan fingerprint density at radius 1 is 1.00 bits per heavy atom. The van der Waals surface area contributed by atoms with Gasteiger partial charge in [-0.25, -0.2) is 18.4 Å². The van der Waals surface area contributed by atoms with E-state index in [1.807, 2.05) is 47.2 Å². The fourth-order valence-corrected chi connectivity index (χ4v) is 4.24. The van der Waals surface area contributed by atoms with Crippen molar-refractivity contribution in [2.75, 3.05) is 7.11 Å². The summed E-state index contributed by atoms with van der Waals surface area (Å²) in [6, 6.07) is 13.9. The van der Waals surface area contributed by atoms with E-state index in [1.165, 1.54) is 12.1 Å². The smallest absolute Gasteiger partial charge is 0.174 e. The lowest BCUT2D eigenvalue weighted by molar-refractivity contribution is 0.416. The molecule has 5 nitrogen and oxygen atoms in total. The molecule has 0 saturated heterocycles. The van der Waals surface area contributed by atoms with E-state index in [1.54, 1.807) is 25.6 Å². The fraction of sp³-hybridized carbons (Fsp3) is 0.192. The highest BCUT2D eigenvalue weighted by atomic mass is 19.2. The highest BCUT2D eigenvalue weighted by Crippen LogP contribution is 2.33. The number of aryl methyl sites for hydroxylation is 1. The van der Waals surface area contributed by atoms with Gasteiger partial charge in [0.1, 0.15) is 11.6 Å². The number of pyridine rings is 1. The Morgan fingerprint density at radius 2 is 1.85 bits per heavy atom. The Bertz CT molecular complexity index is 1320. The van der Waals surface area contributed by atoms with Crippen LogP contribution in [0.2, 0.25) is 0 Å². The summed E-state index contributed by atoms with van der Waals surface area (Å²) in [5.74, 6) is 0.328. The molecule has 0 N–H and O–H groups in total. The van der Waals surface area contributed by atoms with Crippen molar-refractivity contribution in [3.05, 3.63) is 95.3 Å². The molecule has 0 bridgehead atoms. The van der Waals surface area contributed by atoms with Gasteiger partial charge in [-0.1, -0.05) is 24.3 Å². The van der Waals surface area contributed by atoms with Crippen LogP contribution in [0.4, 0.5) is 8.78 Å². The molecule has 0 saturated carbocycles. The standard InChI is InChI=1S/C26H22F2N4O/c1-33-24-15-17(4-7-20(24)18-10-12-29-13-11-18)5-9-25-30-26-21(3-2-14-32(26)31-25)19-6-8-22(27)23(28)16-19/h4-13,15-16,21H,2-3,14H2,1H3/b9-5+. The van der Waals surface area contributed by atoms with Crippen LogP contribution in [0.15, 0.2) is 60.9 Å². The zero-order chi connectivity index (χ0) is 22.8. The van der Waals surface area contributed by atoms with Crippen molar-refractivity contribution in [2.24, 2.45) is 0 Å². The number of ether oxygens (including phenoxy) is 1. The second-order valence-corrected chi connectivity index (χ2v) is 7.95. The van der Waals surface area contributed by atoms with Gasteiger partial charge >= 0.3 is 0 Å². The minimum Gasteiger partial charge on any atom is -0.496 e. The molecule has 0 spiro atoms. The predicted octanol–water partition coefficient (Wildman–Crippen LogP) is 5.72. The van der Waals surface area contributed by atoms with Crippen molar-refractivity contribution in [3.8, 4) is 16.9 Å². The van der Waals surface area contributed by atoms with Crippen molar-refractivity contribution < 1.29 is 13.5 Å². The van der Waals surface area contributed by atoms with E-state index in [-0.39, 0.29) is 5.92 Å². The number of aromatic nitrogens is 4. The maximum absolute atomic E-state index is 13.8. The molecule has 33 heavy (non-hydrogen) atoms. The third kappa shape index (κ3) is 4.26. The van der Waals surface area contributed by atoms with Crippen LogP contribution < -0.4 is 4.74 Å². The largest absolute Gasteiger partial charge is 0.496 e. The van der Waals surface area contributed by atoms with Crippen LogP contribution in [0.25, 0.3) is 23.3 Å². The number of halogens is 2. The lowest BCUT2D eigenvalue weighted by Gasteiger charge is -2.22. The van der Waals surface area contributed by atoms with Gasteiger partial charge in [-0.05, 0) is 65.9 Å². The van der Waals surface area contributed by atoms with Crippen LogP contribution in [0.5, 0.6) is 5.75 Å². The average Bonchev–Trinajstić information content (AvgIpc) is 3.28. The molecule has 3 heterocycles. The summed E-state index contributed by atoms with van der Waals surface area (Å²) in [6.07, 6.45) is 9.02. The summed E-state index contributed by atoms with van der Waals surface area (Å²) < 4.78 is 34.6. The molecule has 4 aromatic rings. The zero-order valence-electron chi connectivity index (χ0n) is 18.1. The Labute approximate surface area is 190 Å². The summed E-state index contributed by atoms with van der Waals surface area (Å²) in [5, 5.41) is 4.60. The van der Waals surface area contributed by atoms with Crippen LogP contribution >= 0.6 is 0 Å². The molecule has 0 amide bonds. The Balaban J connectivity index is 1.41. The fourth-order valence-electron chi connectivity index (χ4n) is 4.24. The van der Waals surface area contributed by atoms with E-state index >= 15 is 0 Å². The minimum absolute atomic E-state index is 0.108. The molecule has 0 radical (unpaired) electrons. The number of hydrogen-bond donors (Lipinski definition) is 0. The van der Waals surface area contributed by atoms with E-state index in [9.17, 15) is 8.78 Å². The Hall–Kier alpha value is -3.87. The van der Waals surface area contributed by atoms with E-state index in [2.05, 4.69) is 10.1 Å². The normalized spacial score (nSPS) is 15.5. The SMILES string of the molecule is COc1cc(/C=C/c2nc3n(n2)CCCC3c2ccc(F)c(F)c2)ccc1-c1ccncc1. The monoisotopic (exact) mass is 444 g/mol. The van der Waals surface area contributed by atoms with Crippen molar-refractivity contribution in [1.29, 1.82) is 0 Å². The van der Waals surface area contributed by atoms with E-state index in [4.69, 9.17) is 9.72 Å². The van der Waals surface area contributed by atoms with Crippen LogP contribution in [0.3, 0.4) is 0 Å². The lowest BCUT2D eigenvalue weighted by Crippen LogP contribution is -2.18. The summed E-state index contributed by atoms with van der Waals surface area (Å²) >= 11 is 0. The third-order valence-corrected chi connectivity index (χ3v) is 5.88. The van der Waals surface area contributed by atoms with Gasteiger partial charge < -0.3 is 4.74 Å². The van der Waals surface area contributed by atoms with Crippen molar-refractivity contribution in [3.63, 3.8) is 0 Å².